The Labute approximate surface area is 590 Å². The van der Waals surface area contributed by atoms with E-state index >= 15 is 0 Å². The fraction of sp³-hybridized carbons (Fsp3) is 0.616. The molecule has 100 heavy (non-hydrogen) atoms. The van der Waals surface area contributed by atoms with Crippen molar-refractivity contribution in [2.45, 2.75) is 191 Å². The van der Waals surface area contributed by atoms with E-state index in [9.17, 15) is 57.5 Å². The number of benzene rings is 2. The second-order valence-electron chi connectivity index (χ2n) is 26.6. The number of allylic oxidation sites excluding steroid dienone is 1. The lowest BCUT2D eigenvalue weighted by molar-refractivity contribution is -0.155. The van der Waals surface area contributed by atoms with Crippen LogP contribution in [0.5, 0.6) is 0 Å². The standard InChI is InChI=1S/C73H111N9O18/c1-19-46(8)63-67(88)75-52(14)71(92)100-64(47(9)20-2)50(12)58(32-27-48(10)70(91)98-59(39-44(4)5)66(87)74-51(13)68(89)82(18)56(41-53-25-23-22-24-26-53)69(90)81(17)42-61(85)78-63)99-73(94)80(16)35-34-79(15)72(93)97-43-54-28-30-55(31-29-54)76-65(86)49(11)40-57(83)62(45(6)7)77-60(84)33-36-96-38-37-95-21-3/h20,22-31,44-46,49-52,56,58-59,62-64H,19,21,32-43H2,1-18H3,(H,74,87)(H,75,88)(H,76,86)(H,77,84)(H,78,85)/b47-20+,48-27+/t46?,49-,50-,51-,52+,56+,58-,59+,62+,63-,64+/m0/s1. The Hall–Kier alpha value is -8.72. The lowest BCUT2D eigenvalue weighted by Gasteiger charge is -2.33. The van der Waals surface area contributed by atoms with E-state index in [0.29, 0.717) is 48.6 Å². The number of carbonyl (C=O) groups excluding carboxylic acids is 12. The normalized spacial score (nSPS) is 22.2. The third-order valence-corrected chi connectivity index (χ3v) is 17.4. The predicted molar refractivity (Wildman–Crippen MR) is 375 cm³/mol. The third-order valence-electron chi connectivity index (χ3n) is 17.4. The molecule has 556 valence electrons. The van der Waals surface area contributed by atoms with Gasteiger partial charge in [0.25, 0.3) is 5.91 Å². The van der Waals surface area contributed by atoms with Crippen molar-refractivity contribution >= 4 is 76.9 Å². The maximum atomic E-state index is 14.4. The molecule has 1 unspecified atom stereocenters. The van der Waals surface area contributed by atoms with Crippen LogP contribution in [-0.4, -0.2) is 214 Å². The van der Waals surface area contributed by atoms with Crippen LogP contribution in [0.3, 0.4) is 0 Å². The SMILES string of the molecule is C/C=C(\C)[C@H]1OC(=O)[C@@H](C)NC(=O)[C@H](C(C)CC)NC(=O)CN(C)C(=O)[C@@H](Cc2ccccc2)N(C)C(=O)[C@H](C)NC(=O)[C@@H](CC(C)C)OC(=O)/C(C)=C/C[C@H](OC(=O)N(C)CCN(C)C(=O)OCc2ccc(NC(=O)[C@@H](C)CC(=O)[C@H](NC(=O)CCOCCOCC)C(C)C)cc2)[C@@H]1C. The highest BCUT2D eigenvalue weighted by atomic mass is 16.6. The van der Waals surface area contributed by atoms with Crippen molar-refractivity contribution in [2.75, 3.05) is 79.6 Å². The van der Waals surface area contributed by atoms with Crippen molar-refractivity contribution < 1.29 is 86.0 Å². The number of hydrogen-bond donors (Lipinski definition) is 5. The van der Waals surface area contributed by atoms with Gasteiger partial charge in [0.2, 0.25) is 35.4 Å². The van der Waals surface area contributed by atoms with Crippen molar-refractivity contribution in [3.05, 3.63) is 89.0 Å². The van der Waals surface area contributed by atoms with Gasteiger partial charge in [-0.3, -0.25) is 38.4 Å². The molecule has 0 aliphatic carbocycles. The number of hydrogen-bond acceptors (Lipinski definition) is 18. The molecule has 1 aliphatic heterocycles. The first-order valence-corrected chi connectivity index (χ1v) is 34.5. The number of cyclic esters (lactones) is 2. The van der Waals surface area contributed by atoms with E-state index in [1.165, 1.54) is 69.7 Å². The van der Waals surface area contributed by atoms with Crippen LogP contribution < -0.4 is 26.6 Å². The number of anilines is 1. The maximum Gasteiger partial charge on any atom is 0.409 e. The number of nitrogens with zero attached hydrogens (tertiary/aromatic N) is 4. The molecule has 9 amide bonds. The van der Waals surface area contributed by atoms with Crippen LogP contribution in [0.1, 0.15) is 140 Å². The van der Waals surface area contributed by atoms with E-state index in [-0.39, 0.29) is 87.5 Å². The number of likely N-dealkylation sites (N-methyl/N-ethyl adjacent to an activating group) is 4. The van der Waals surface area contributed by atoms with Gasteiger partial charge in [0.05, 0.1) is 32.4 Å². The number of Topliss-reactive ketones (excluding diaryl/α,β-unsaturated/α-hetero) is 1. The second kappa shape index (κ2) is 43.1. The van der Waals surface area contributed by atoms with Crippen LogP contribution in [0.15, 0.2) is 77.9 Å². The first-order chi connectivity index (χ1) is 47.1. The lowest BCUT2D eigenvalue weighted by atomic mass is 9.90. The van der Waals surface area contributed by atoms with Gasteiger partial charge >= 0.3 is 24.1 Å². The Bertz CT molecular complexity index is 3120. The van der Waals surface area contributed by atoms with Gasteiger partial charge < -0.3 is 74.6 Å². The number of carbonyl (C=O) groups is 12. The summed E-state index contributed by atoms with van der Waals surface area (Å²) in [4.78, 5) is 170. The highest BCUT2D eigenvalue weighted by molar-refractivity contribution is 5.98. The Morgan fingerprint density at radius 2 is 1.38 bits per heavy atom. The van der Waals surface area contributed by atoms with E-state index in [1.54, 1.807) is 95.3 Å². The Morgan fingerprint density at radius 3 is 1.98 bits per heavy atom. The summed E-state index contributed by atoms with van der Waals surface area (Å²) >= 11 is 0. The van der Waals surface area contributed by atoms with Gasteiger partial charge in [0.15, 0.2) is 11.9 Å². The minimum Gasteiger partial charge on any atom is -0.456 e. The van der Waals surface area contributed by atoms with Gasteiger partial charge in [-0.05, 0) is 94.5 Å². The molecule has 0 saturated heterocycles. The van der Waals surface area contributed by atoms with Gasteiger partial charge in [-0.15, -0.1) is 0 Å². The first kappa shape index (κ1) is 85.5. The lowest BCUT2D eigenvalue weighted by Crippen LogP contribution is -2.57. The van der Waals surface area contributed by atoms with Crippen molar-refractivity contribution in [1.29, 1.82) is 0 Å². The van der Waals surface area contributed by atoms with Gasteiger partial charge in [0, 0.05) is 96.7 Å². The number of ether oxygens (including phenoxy) is 6. The monoisotopic (exact) mass is 1400 g/mol. The van der Waals surface area contributed by atoms with E-state index in [1.807, 2.05) is 41.5 Å². The minimum atomic E-state index is -1.39. The number of ketones is 1. The molecule has 1 aliphatic rings. The largest absolute Gasteiger partial charge is 0.456 e. The fourth-order valence-corrected chi connectivity index (χ4v) is 10.5. The van der Waals surface area contributed by atoms with Crippen LogP contribution >= 0.6 is 0 Å². The van der Waals surface area contributed by atoms with Gasteiger partial charge in [-0.2, -0.15) is 0 Å². The van der Waals surface area contributed by atoms with Crippen molar-refractivity contribution in [2.24, 2.45) is 29.6 Å². The summed E-state index contributed by atoms with van der Waals surface area (Å²) in [6.45, 7) is 24.4. The molecule has 27 nitrogen and oxygen atoms in total. The third kappa shape index (κ3) is 28.5. The highest BCUT2D eigenvalue weighted by Crippen LogP contribution is 2.27. The zero-order valence-corrected chi connectivity index (χ0v) is 61.9. The van der Waals surface area contributed by atoms with Gasteiger partial charge in [0.1, 0.15) is 43.0 Å². The summed E-state index contributed by atoms with van der Waals surface area (Å²) in [6, 6.07) is 9.78. The summed E-state index contributed by atoms with van der Waals surface area (Å²) in [5, 5.41) is 13.7. The van der Waals surface area contributed by atoms with E-state index in [0.717, 1.165) is 4.90 Å². The summed E-state index contributed by atoms with van der Waals surface area (Å²) in [7, 11) is 5.72. The molecule has 1 heterocycles. The van der Waals surface area contributed by atoms with Gasteiger partial charge in [-0.25, -0.2) is 19.2 Å². The van der Waals surface area contributed by atoms with Crippen molar-refractivity contribution in [1.82, 2.24) is 40.9 Å². The fourth-order valence-electron chi connectivity index (χ4n) is 10.5. The summed E-state index contributed by atoms with van der Waals surface area (Å²) in [5.41, 5.74) is 2.26. The summed E-state index contributed by atoms with van der Waals surface area (Å²) in [6.07, 6.45) is -1.78. The average molecular weight is 1400 g/mol. The van der Waals surface area contributed by atoms with Crippen LogP contribution in [0.25, 0.3) is 0 Å². The van der Waals surface area contributed by atoms with E-state index < -0.39 is 132 Å². The molecule has 2 aromatic carbocycles. The number of nitrogens with one attached hydrogen (secondary N) is 5. The number of amides is 9. The molecular formula is C73H111N9O18. The number of esters is 2. The van der Waals surface area contributed by atoms with Crippen molar-refractivity contribution in [3.63, 3.8) is 0 Å². The number of rotatable bonds is 27. The highest BCUT2D eigenvalue weighted by Gasteiger charge is 2.39. The zero-order chi connectivity index (χ0) is 75.1. The van der Waals surface area contributed by atoms with E-state index in [2.05, 4.69) is 26.6 Å². The predicted octanol–water partition coefficient (Wildman–Crippen LogP) is 6.70. The molecule has 0 bridgehead atoms. The smallest absolute Gasteiger partial charge is 0.409 e. The van der Waals surface area contributed by atoms with Gasteiger partial charge in [-0.1, -0.05) is 116 Å². The Kier molecular flexibility index (Phi) is 36.8. The molecule has 27 heteroatoms. The molecule has 2 aromatic rings. The first-order valence-electron chi connectivity index (χ1n) is 34.5. The molecule has 0 radical (unpaired) electrons. The molecule has 5 N–H and O–H groups in total. The molecule has 0 saturated carbocycles. The van der Waals surface area contributed by atoms with Crippen LogP contribution in [0, 0.1) is 29.6 Å². The molecule has 0 spiro atoms. The van der Waals surface area contributed by atoms with E-state index in [4.69, 9.17) is 28.4 Å². The molecule has 3 rings (SSSR count). The van der Waals surface area contributed by atoms with Crippen molar-refractivity contribution in [3.8, 4) is 0 Å². The molecule has 0 fully saturated rings. The minimum absolute atomic E-state index is 0.0148. The van der Waals surface area contributed by atoms with Crippen LogP contribution in [0.4, 0.5) is 15.3 Å². The molecule has 11 atom stereocenters. The molecule has 0 aromatic heterocycles. The average Bonchev–Trinajstić information content (AvgIpc) is 0.839. The summed E-state index contributed by atoms with van der Waals surface area (Å²) < 4.78 is 34.4. The van der Waals surface area contributed by atoms with Crippen LogP contribution in [0.2, 0.25) is 0 Å². The maximum absolute atomic E-state index is 14.4. The quantitative estimate of drug-likeness (QED) is 0.0269. The molecular weight excluding hydrogens is 1290 g/mol. The Balaban J connectivity index is 1.85. The topological polar surface area (TPSA) is 333 Å². The summed E-state index contributed by atoms with van der Waals surface area (Å²) in [5.74, 6) is -8.75. The zero-order valence-electron chi connectivity index (χ0n) is 61.9. The second-order valence-corrected chi connectivity index (χ2v) is 26.6. The van der Waals surface area contributed by atoms with Crippen LogP contribution in [-0.2, 0) is 89.4 Å². The Morgan fingerprint density at radius 1 is 0.760 bits per heavy atom.